The molecule has 0 aromatic heterocycles. The van der Waals surface area contributed by atoms with Gasteiger partial charge in [0.25, 0.3) is 0 Å². The summed E-state index contributed by atoms with van der Waals surface area (Å²) in [5, 5.41) is 0. The van der Waals surface area contributed by atoms with Crippen LogP contribution in [0.5, 0.6) is 0 Å². The summed E-state index contributed by atoms with van der Waals surface area (Å²) in [6, 6.07) is 10.1. The lowest BCUT2D eigenvalue weighted by Gasteiger charge is -2.08. The zero-order valence-electron chi connectivity index (χ0n) is 11.7. The summed E-state index contributed by atoms with van der Waals surface area (Å²) < 4.78 is 31.4. The summed E-state index contributed by atoms with van der Waals surface area (Å²) in [4.78, 5) is 11.2. The first-order valence-electron chi connectivity index (χ1n) is 6.33. The number of esters is 1. The molecule has 2 nitrogen and oxygen atoms in total. The lowest BCUT2D eigenvalue weighted by molar-refractivity contribution is -0.134. The highest BCUT2D eigenvalue weighted by molar-refractivity contribution is 5.91. The fourth-order valence-corrected chi connectivity index (χ4v) is 1.94. The Kier molecular flexibility index (Phi) is 4.48. The first-order chi connectivity index (χ1) is 10.0. The molecule has 0 aliphatic carbocycles. The van der Waals surface area contributed by atoms with Crippen LogP contribution in [0.3, 0.4) is 0 Å². The number of methoxy groups -OCH3 is 1. The second kappa shape index (κ2) is 6.31. The molecular formula is C17H14F2O2. The SMILES string of the molecule is COC(=O)/C=C(\C)c1ccc(F)c(-c2ccc(F)cc2)c1. The predicted octanol–water partition coefficient (Wildman–Crippen LogP) is 4.21. The molecule has 0 saturated heterocycles. The molecule has 21 heavy (non-hydrogen) atoms. The van der Waals surface area contributed by atoms with Crippen molar-refractivity contribution in [2.75, 3.05) is 7.11 Å². The van der Waals surface area contributed by atoms with Crippen LogP contribution >= 0.6 is 0 Å². The molecule has 2 aromatic carbocycles. The number of hydrogen-bond donors (Lipinski definition) is 0. The normalized spacial score (nSPS) is 11.3. The van der Waals surface area contributed by atoms with Crippen LogP contribution in [0.4, 0.5) is 8.78 Å². The minimum atomic E-state index is -0.472. The van der Waals surface area contributed by atoms with E-state index >= 15 is 0 Å². The summed E-state index contributed by atoms with van der Waals surface area (Å²) in [7, 11) is 1.29. The summed E-state index contributed by atoms with van der Waals surface area (Å²) in [6.45, 7) is 1.73. The zero-order valence-corrected chi connectivity index (χ0v) is 11.7. The second-order valence-electron chi connectivity index (χ2n) is 4.55. The molecule has 0 heterocycles. The zero-order chi connectivity index (χ0) is 15.4. The van der Waals surface area contributed by atoms with Gasteiger partial charge in [-0.15, -0.1) is 0 Å². The van der Waals surface area contributed by atoms with E-state index in [-0.39, 0.29) is 5.82 Å². The van der Waals surface area contributed by atoms with E-state index in [1.165, 1.54) is 43.5 Å². The minimum absolute atomic E-state index is 0.352. The molecule has 0 saturated carbocycles. The van der Waals surface area contributed by atoms with Gasteiger partial charge in [-0.05, 0) is 47.9 Å². The van der Waals surface area contributed by atoms with Crippen LogP contribution in [0.2, 0.25) is 0 Å². The van der Waals surface area contributed by atoms with E-state index in [4.69, 9.17) is 0 Å². The van der Waals surface area contributed by atoms with Crippen molar-refractivity contribution in [3.8, 4) is 11.1 Å². The Hall–Kier alpha value is -2.49. The van der Waals surface area contributed by atoms with E-state index in [1.54, 1.807) is 19.1 Å². The monoisotopic (exact) mass is 288 g/mol. The molecular weight excluding hydrogens is 274 g/mol. The van der Waals surface area contributed by atoms with Crippen molar-refractivity contribution in [2.24, 2.45) is 0 Å². The molecule has 0 aliphatic rings. The lowest BCUT2D eigenvalue weighted by Crippen LogP contribution is -1.96. The number of halogens is 2. The van der Waals surface area contributed by atoms with Crippen molar-refractivity contribution in [1.82, 2.24) is 0 Å². The Morgan fingerprint density at radius 2 is 1.76 bits per heavy atom. The molecule has 2 aromatic rings. The van der Waals surface area contributed by atoms with E-state index in [9.17, 15) is 13.6 Å². The number of ether oxygens (including phenoxy) is 1. The first kappa shape index (κ1) is 14.9. The second-order valence-corrected chi connectivity index (χ2v) is 4.55. The van der Waals surface area contributed by atoms with Crippen LogP contribution in [0.25, 0.3) is 16.7 Å². The van der Waals surface area contributed by atoms with Crippen LogP contribution < -0.4 is 0 Å². The molecule has 0 aliphatic heterocycles. The van der Waals surface area contributed by atoms with Gasteiger partial charge in [-0.1, -0.05) is 18.2 Å². The van der Waals surface area contributed by atoms with Gasteiger partial charge in [-0.3, -0.25) is 0 Å². The molecule has 108 valence electrons. The van der Waals surface area contributed by atoms with Gasteiger partial charge in [0.2, 0.25) is 0 Å². The lowest BCUT2D eigenvalue weighted by atomic mass is 9.99. The van der Waals surface area contributed by atoms with Gasteiger partial charge in [0, 0.05) is 11.6 Å². The molecule has 0 bridgehead atoms. The van der Waals surface area contributed by atoms with E-state index in [0.29, 0.717) is 22.3 Å². The Labute approximate surface area is 121 Å². The Bertz CT molecular complexity index is 688. The van der Waals surface area contributed by atoms with Gasteiger partial charge < -0.3 is 4.74 Å². The summed E-state index contributed by atoms with van der Waals surface area (Å²) in [6.07, 6.45) is 1.33. The van der Waals surface area contributed by atoms with Crippen molar-refractivity contribution >= 4 is 11.5 Å². The third kappa shape index (κ3) is 3.54. The van der Waals surface area contributed by atoms with Crippen molar-refractivity contribution in [2.45, 2.75) is 6.92 Å². The number of benzene rings is 2. The van der Waals surface area contributed by atoms with Crippen molar-refractivity contribution in [3.05, 3.63) is 65.7 Å². The third-order valence-electron chi connectivity index (χ3n) is 3.11. The number of hydrogen-bond acceptors (Lipinski definition) is 2. The molecule has 0 atom stereocenters. The molecule has 0 N–H and O–H groups in total. The average Bonchev–Trinajstić information content (AvgIpc) is 2.48. The number of allylic oxidation sites excluding steroid dienone is 1. The summed E-state index contributed by atoms with van der Waals surface area (Å²) in [5.41, 5.74) is 2.28. The van der Waals surface area contributed by atoms with Gasteiger partial charge >= 0.3 is 5.97 Å². The highest BCUT2D eigenvalue weighted by Gasteiger charge is 2.08. The molecule has 0 radical (unpaired) electrons. The summed E-state index contributed by atoms with van der Waals surface area (Å²) >= 11 is 0. The number of carbonyl (C=O) groups is 1. The largest absolute Gasteiger partial charge is 0.466 e. The van der Waals surface area contributed by atoms with E-state index in [1.807, 2.05) is 0 Å². The Morgan fingerprint density at radius 3 is 2.38 bits per heavy atom. The van der Waals surface area contributed by atoms with Gasteiger partial charge in [-0.25, -0.2) is 13.6 Å². The van der Waals surface area contributed by atoms with Gasteiger partial charge in [0.05, 0.1) is 7.11 Å². The highest BCUT2D eigenvalue weighted by atomic mass is 19.1. The average molecular weight is 288 g/mol. The molecule has 0 amide bonds. The third-order valence-corrected chi connectivity index (χ3v) is 3.11. The van der Waals surface area contributed by atoms with Crippen molar-refractivity contribution in [1.29, 1.82) is 0 Å². The van der Waals surface area contributed by atoms with Crippen LogP contribution in [0, 0.1) is 11.6 Å². The van der Waals surface area contributed by atoms with Crippen molar-refractivity contribution in [3.63, 3.8) is 0 Å². The first-order valence-corrected chi connectivity index (χ1v) is 6.33. The van der Waals surface area contributed by atoms with Crippen LogP contribution in [-0.2, 0) is 9.53 Å². The minimum Gasteiger partial charge on any atom is -0.466 e. The van der Waals surface area contributed by atoms with Gasteiger partial charge in [-0.2, -0.15) is 0 Å². The molecule has 2 rings (SSSR count). The molecule has 0 spiro atoms. The van der Waals surface area contributed by atoms with Crippen LogP contribution in [0.15, 0.2) is 48.5 Å². The summed E-state index contributed by atoms with van der Waals surface area (Å²) in [5.74, 6) is -1.26. The standard InChI is InChI=1S/C17H14F2O2/c1-11(9-17(20)21-2)13-5-8-16(19)15(10-13)12-3-6-14(18)7-4-12/h3-10H,1-2H3/b11-9+. The topological polar surface area (TPSA) is 26.3 Å². The molecule has 0 fully saturated rings. The van der Waals surface area contributed by atoms with Gasteiger partial charge in [0.1, 0.15) is 11.6 Å². The van der Waals surface area contributed by atoms with Crippen LogP contribution in [-0.4, -0.2) is 13.1 Å². The highest BCUT2D eigenvalue weighted by Crippen LogP contribution is 2.27. The maximum Gasteiger partial charge on any atom is 0.330 e. The Balaban J connectivity index is 2.44. The maximum atomic E-state index is 13.9. The fraction of sp³-hybridized carbons (Fsp3) is 0.118. The smallest absolute Gasteiger partial charge is 0.330 e. The van der Waals surface area contributed by atoms with Gasteiger partial charge in [0.15, 0.2) is 0 Å². The van der Waals surface area contributed by atoms with E-state index in [0.717, 1.165) is 0 Å². The Morgan fingerprint density at radius 1 is 1.10 bits per heavy atom. The number of rotatable bonds is 3. The van der Waals surface area contributed by atoms with Crippen molar-refractivity contribution < 1.29 is 18.3 Å². The fourth-order valence-electron chi connectivity index (χ4n) is 1.94. The van der Waals surface area contributed by atoms with E-state index in [2.05, 4.69) is 4.74 Å². The number of carbonyl (C=O) groups excluding carboxylic acids is 1. The quantitative estimate of drug-likeness (QED) is 0.624. The molecule has 0 unspecified atom stereocenters. The maximum absolute atomic E-state index is 13.9. The van der Waals surface area contributed by atoms with Crippen LogP contribution in [0.1, 0.15) is 12.5 Å². The van der Waals surface area contributed by atoms with E-state index < -0.39 is 11.8 Å². The molecule has 4 heteroatoms. The predicted molar refractivity (Wildman–Crippen MR) is 77.5 cm³/mol.